The van der Waals surface area contributed by atoms with E-state index in [0.717, 1.165) is 25.7 Å². The Bertz CT molecular complexity index is 523. The van der Waals surface area contributed by atoms with E-state index in [1.165, 1.54) is 11.3 Å². The fourth-order valence-electron chi connectivity index (χ4n) is 3.63. The first-order valence-corrected chi connectivity index (χ1v) is 8.37. The fraction of sp³-hybridized carbons (Fsp3) is 0.600. The van der Waals surface area contributed by atoms with Crippen LogP contribution in [0.4, 0.5) is 0 Å². The third-order valence-corrected chi connectivity index (χ3v) is 5.42. The van der Waals surface area contributed by atoms with Gasteiger partial charge in [-0.15, -0.1) is 0 Å². The Morgan fingerprint density at radius 2 is 2.19 bits per heavy atom. The maximum Gasteiger partial charge on any atom is 0.252 e. The monoisotopic (exact) mass is 308 g/mol. The predicted octanol–water partition coefficient (Wildman–Crippen LogP) is 1.38. The minimum atomic E-state index is -0.420. The van der Waals surface area contributed by atoms with Crippen molar-refractivity contribution in [2.24, 2.45) is 0 Å². The van der Waals surface area contributed by atoms with Crippen LogP contribution < -0.4 is 5.32 Å². The predicted molar refractivity (Wildman–Crippen MR) is 80.2 cm³/mol. The average molecular weight is 308 g/mol. The first-order valence-electron chi connectivity index (χ1n) is 7.42. The molecule has 1 atom stereocenters. The van der Waals surface area contributed by atoms with Crippen LogP contribution in [0, 0.1) is 0 Å². The minimum Gasteiger partial charge on any atom is -0.391 e. The largest absolute Gasteiger partial charge is 0.391 e. The Labute approximate surface area is 128 Å². The molecule has 21 heavy (non-hydrogen) atoms. The molecule has 1 aliphatic heterocycles. The molecule has 5 nitrogen and oxygen atoms in total. The molecule has 2 heterocycles. The summed E-state index contributed by atoms with van der Waals surface area (Å²) in [5.41, 5.74) is 0.217. The molecule has 6 heteroatoms. The number of aliphatic hydroxyl groups excluding tert-OH is 1. The maximum absolute atomic E-state index is 12.4. The smallest absolute Gasteiger partial charge is 0.252 e. The standard InChI is InChI=1S/C15H20N2O3S/c18-12-3-7-17(15(12)5-1-2-6-15)13(19)9-16-14(20)11-4-8-21-10-11/h4,8,10,12,18H,1-3,5-7,9H2,(H,16,20). The van der Waals surface area contributed by atoms with Crippen molar-refractivity contribution >= 4 is 23.2 Å². The van der Waals surface area contributed by atoms with Crippen LogP contribution in [-0.4, -0.2) is 46.6 Å². The number of hydrogen-bond acceptors (Lipinski definition) is 4. The van der Waals surface area contributed by atoms with Gasteiger partial charge in [-0.3, -0.25) is 9.59 Å². The average Bonchev–Trinajstić information content (AvgIpc) is 3.20. The van der Waals surface area contributed by atoms with Gasteiger partial charge in [0.2, 0.25) is 5.91 Å². The topological polar surface area (TPSA) is 69.6 Å². The molecule has 114 valence electrons. The van der Waals surface area contributed by atoms with E-state index in [0.29, 0.717) is 18.5 Å². The van der Waals surface area contributed by atoms with Gasteiger partial charge in [0, 0.05) is 17.5 Å². The highest BCUT2D eigenvalue weighted by Gasteiger charge is 2.51. The number of rotatable bonds is 3. The summed E-state index contributed by atoms with van der Waals surface area (Å²) in [6.07, 6.45) is 4.09. The van der Waals surface area contributed by atoms with E-state index in [1.54, 1.807) is 16.3 Å². The van der Waals surface area contributed by atoms with Crippen LogP contribution in [0.2, 0.25) is 0 Å². The lowest BCUT2D eigenvalue weighted by molar-refractivity contribution is -0.136. The molecule has 1 saturated carbocycles. The van der Waals surface area contributed by atoms with E-state index < -0.39 is 6.10 Å². The first-order chi connectivity index (χ1) is 10.1. The highest BCUT2D eigenvalue weighted by molar-refractivity contribution is 7.08. The molecule has 0 bridgehead atoms. The summed E-state index contributed by atoms with van der Waals surface area (Å²) in [5, 5.41) is 16.5. The third-order valence-electron chi connectivity index (χ3n) is 4.74. The number of amides is 2. The van der Waals surface area contributed by atoms with Crippen LogP contribution in [-0.2, 0) is 4.79 Å². The Balaban J connectivity index is 1.61. The Morgan fingerprint density at radius 1 is 1.43 bits per heavy atom. The molecule has 3 rings (SSSR count). The molecular formula is C15H20N2O3S. The molecule has 2 aliphatic rings. The Morgan fingerprint density at radius 3 is 2.86 bits per heavy atom. The van der Waals surface area contributed by atoms with E-state index in [-0.39, 0.29) is 23.9 Å². The molecule has 0 radical (unpaired) electrons. The van der Waals surface area contributed by atoms with Crippen LogP contribution >= 0.6 is 11.3 Å². The molecule has 1 saturated heterocycles. The Kier molecular flexibility index (Phi) is 3.99. The highest BCUT2D eigenvalue weighted by Crippen LogP contribution is 2.43. The summed E-state index contributed by atoms with van der Waals surface area (Å²) in [5.74, 6) is -0.304. The second kappa shape index (κ2) is 5.77. The lowest BCUT2D eigenvalue weighted by Gasteiger charge is -2.37. The summed E-state index contributed by atoms with van der Waals surface area (Å²) < 4.78 is 0. The molecule has 2 N–H and O–H groups in total. The van der Waals surface area contributed by atoms with Gasteiger partial charge in [0.05, 0.1) is 18.2 Å². The van der Waals surface area contributed by atoms with Crippen molar-refractivity contribution in [3.8, 4) is 0 Å². The quantitative estimate of drug-likeness (QED) is 0.886. The lowest BCUT2D eigenvalue weighted by atomic mass is 9.91. The lowest BCUT2D eigenvalue weighted by Crippen LogP contribution is -2.53. The first kappa shape index (κ1) is 14.5. The zero-order valence-electron chi connectivity index (χ0n) is 11.9. The van der Waals surface area contributed by atoms with Crippen LogP contribution in [0.15, 0.2) is 16.8 Å². The summed E-state index contributed by atoms with van der Waals surface area (Å²) in [7, 11) is 0. The van der Waals surface area contributed by atoms with Gasteiger partial charge in [0.1, 0.15) is 0 Å². The molecule has 2 fully saturated rings. The van der Waals surface area contributed by atoms with Crippen molar-refractivity contribution in [3.05, 3.63) is 22.4 Å². The van der Waals surface area contributed by atoms with Gasteiger partial charge in [0.25, 0.3) is 5.91 Å². The third kappa shape index (κ3) is 2.58. The molecule has 2 amide bonds. The summed E-state index contributed by atoms with van der Waals surface area (Å²) in [6, 6.07) is 1.74. The minimum absolute atomic E-state index is 0.00312. The zero-order valence-corrected chi connectivity index (χ0v) is 12.7. The number of nitrogens with one attached hydrogen (secondary N) is 1. The van der Waals surface area contributed by atoms with Crippen molar-refractivity contribution in [1.29, 1.82) is 0 Å². The number of aliphatic hydroxyl groups is 1. The fourth-order valence-corrected chi connectivity index (χ4v) is 4.27. The van der Waals surface area contributed by atoms with Crippen LogP contribution in [0.25, 0.3) is 0 Å². The molecule has 1 aromatic heterocycles. The molecule has 1 aromatic rings. The number of nitrogens with zero attached hydrogens (tertiary/aromatic N) is 1. The van der Waals surface area contributed by atoms with Gasteiger partial charge < -0.3 is 15.3 Å². The second-order valence-electron chi connectivity index (χ2n) is 5.86. The molecule has 0 aromatic carbocycles. The van der Waals surface area contributed by atoms with Crippen molar-refractivity contribution < 1.29 is 14.7 Å². The molecular weight excluding hydrogens is 288 g/mol. The normalized spacial score (nSPS) is 23.7. The SMILES string of the molecule is O=C(NCC(=O)N1CCC(O)C12CCCC2)c1ccsc1. The zero-order chi connectivity index (χ0) is 14.9. The van der Waals surface area contributed by atoms with Crippen LogP contribution in [0.3, 0.4) is 0 Å². The van der Waals surface area contributed by atoms with Gasteiger partial charge in [-0.1, -0.05) is 12.8 Å². The molecule has 1 aliphatic carbocycles. The van der Waals surface area contributed by atoms with E-state index >= 15 is 0 Å². The number of carbonyl (C=O) groups is 2. The Hall–Kier alpha value is -1.40. The van der Waals surface area contributed by atoms with Crippen LogP contribution in [0.1, 0.15) is 42.5 Å². The van der Waals surface area contributed by atoms with Gasteiger partial charge in [-0.25, -0.2) is 0 Å². The molecule has 1 unspecified atom stereocenters. The summed E-state index contributed by atoms with van der Waals surface area (Å²) in [4.78, 5) is 26.1. The van der Waals surface area contributed by atoms with Gasteiger partial charge >= 0.3 is 0 Å². The van der Waals surface area contributed by atoms with Crippen molar-refractivity contribution in [3.63, 3.8) is 0 Å². The summed E-state index contributed by atoms with van der Waals surface area (Å²) >= 11 is 1.45. The number of likely N-dealkylation sites (tertiary alicyclic amines) is 1. The molecule has 1 spiro atoms. The maximum atomic E-state index is 12.4. The van der Waals surface area contributed by atoms with Crippen LogP contribution in [0.5, 0.6) is 0 Å². The number of thiophene rings is 1. The van der Waals surface area contributed by atoms with E-state index in [9.17, 15) is 14.7 Å². The van der Waals surface area contributed by atoms with Crippen molar-refractivity contribution in [2.75, 3.05) is 13.1 Å². The highest BCUT2D eigenvalue weighted by atomic mass is 32.1. The van der Waals surface area contributed by atoms with E-state index in [1.807, 2.05) is 5.38 Å². The number of carbonyl (C=O) groups excluding carboxylic acids is 2. The van der Waals surface area contributed by atoms with Gasteiger partial charge in [0.15, 0.2) is 0 Å². The van der Waals surface area contributed by atoms with Crippen molar-refractivity contribution in [1.82, 2.24) is 10.2 Å². The van der Waals surface area contributed by atoms with E-state index in [4.69, 9.17) is 0 Å². The van der Waals surface area contributed by atoms with Gasteiger partial charge in [-0.05, 0) is 30.7 Å². The van der Waals surface area contributed by atoms with E-state index in [2.05, 4.69) is 5.32 Å². The van der Waals surface area contributed by atoms with Crippen molar-refractivity contribution in [2.45, 2.75) is 43.7 Å². The summed E-state index contributed by atoms with van der Waals surface area (Å²) in [6.45, 7) is 0.595. The number of hydrogen-bond donors (Lipinski definition) is 2. The van der Waals surface area contributed by atoms with Gasteiger partial charge in [-0.2, -0.15) is 11.3 Å². The second-order valence-corrected chi connectivity index (χ2v) is 6.64.